The summed E-state index contributed by atoms with van der Waals surface area (Å²) < 4.78 is 45.9. The van der Waals surface area contributed by atoms with E-state index in [1.165, 1.54) is 18.2 Å². The molecule has 8 heteroatoms. The summed E-state index contributed by atoms with van der Waals surface area (Å²) in [6.45, 7) is 4.18. The molecule has 0 unspecified atom stereocenters. The lowest BCUT2D eigenvalue weighted by Gasteiger charge is -2.27. The fourth-order valence-corrected chi connectivity index (χ4v) is 3.04. The quantitative estimate of drug-likeness (QED) is 0.778. The van der Waals surface area contributed by atoms with Gasteiger partial charge in [-0.1, -0.05) is 12.1 Å². The van der Waals surface area contributed by atoms with Crippen molar-refractivity contribution < 1.29 is 22.7 Å². The monoisotopic (exact) mass is 393 g/mol. The van der Waals surface area contributed by atoms with Crippen molar-refractivity contribution in [2.75, 3.05) is 37.4 Å². The Morgan fingerprint density at radius 2 is 1.89 bits per heavy atom. The van der Waals surface area contributed by atoms with Gasteiger partial charge in [0.1, 0.15) is 0 Å². The smallest absolute Gasteiger partial charge is 0.398 e. The largest absolute Gasteiger partial charge is 0.416 e. The Morgan fingerprint density at radius 3 is 2.54 bits per heavy atom. The average Bonchev–Trinajstić information content (AvgIpc) is 2.65. The first-order chi connectivity index (χ1) is 13.2. The van der Waals surface area contributed by atoms with Crippen molar-refractivity contribution in [2.24, 2.45) is 0 Å². The van der Waals surface area contributed by atoms with Crippen molar-refractivity contribution in [2.45, 2.75) is 19.6 Å². The Bertz CT molecular complexity index is 862. The van der Waals surface area contributed by atoms with E-state index in [0.717, 1.165) is 11.6 Å². The fraction of sp³-hybridized carbons (Fsp3) is 0.350. The lowest BCUT2D eigenvalue weighted by atomic mass is 10.0. The van der Waals surface area contributed by atoms with Crippen LogP contribution in [0.25, 0.3) is 0 Å². The number of hydrogen-bond acceptors (Lipinski definition) is 4. The summed E-state index contributed by atoms with van der Waals surface area (Å²) in [6.07, 6.45) is -4.52. The lowest BCUT2D eigenvalue weighted by Crippen LogP contribution is -2.36. The number of nitrogens with one attached hydrogen (secondary N) is 1. The van der Waals surface area contributed by atoms with Crippen molar-refractivity contribution in [3.63, 3.8) is 0 Å². The molecule has 1 aliphatic heterocycles. The Hall–Kier alpha value is -2.58. The number of nitrogen functional groups attached to an aromatic ring is 1. The third kappa shape index (κ3) is 4.82. The number of amides is 1. The minimum atomic E-state index is -4.52. The molecule has 2 aromatic carbocycles. The highest BCUT2D eigenvalue weighted by Gasteiger charge is 2.34. The number of halogens is 3. The third-order valence-corrected chi connectivity index (χ3v) is 4.71. The van der Waals surface area contributed by atoms with E-state index in [2.05, 4.69) is 5.32 Å². The third-order valence-electron chi connectivity index (χ3n) is 4.71. The van der Waals surface area contributed by atoms with E-state index in [1.54, 1.807) is 19.1 Å². The van der Waals surface area contributed by atoms with Crippen LogP contribution in [-0.4, -0.2) is 37.1 Å². The average molecular weight is 393 g/mol. The van der Waals surface area contributed by atoms with Crippen molar-refractivity contribution in [1.82, 2.24) is 4.90 Å². The molecular formula is C20H22F3N3O2. The van der Waals surface area contributed by atoms with Crippen molar-refractivity contribution >= 4 is 17.3 Å². The molecule has 0 aromatic heterocycles. The van der Waals surface area contributed by atoms with Crippen LogP contribution in [0.2, 0.25) is 0 Å². The predicted molar refractivity (Wildman–Crippen MR) is 101 cm³/mol. The number of hydrogen-bond donors (Lipinski definition) is 2. The second-order valence-corrected chi connectivity index (χ2v) is 6.78. The van der Waals surface area contributed by atoms with Crippen molar-refractivity contribution in [3.8, 4) is 0 Å². The molecule has 1 heterocycles. The molecule has 0 spiro atoms. The molecule has 1 amide bonds. The summed E-state index contributed by atoms with van der Waals surface area (Å²) >= 11 is 0. The number of carbonyl (C=O) groups is 1. The highest BCUT2D eigenvalue weighted by Crippen LogP contribution is 2.34. The second kappa shape index (κ2) is 8.20. The number of benzene rings is 2. The molecule has 1 fully saturated rings. The van der Waals surface area contributed by atoms with Gasteiger partial charge in [-0.25, -0.2) is 0 Å². The number of morpholine rings is 1. The molecule has 3 rings (SSSR count). The number of rotatable bonds is 4. The molecule has 1 saturated heterocycles. The highest BCUT2D eigenvalue weighted by molar-refractivity contribution is 6.04. The Labute approximate surface area is 161 Å². The number of nitrogens with zero attached hydrogens (tertiary/aromatic N) is 1. The van der Waals surface area contributed by atoms with Crippen LogP contribution in [0.1, 0.15) is 27.0 Å². The maximum atomic E-state index is 13.6. The number of carbonyl (C=O) groups excluding carboxylic acids is 1. The van der Waals surface area contributed by atoms with Crippen LogP contribution >= 0.6 is 0 Å². The van der Waals surface area contributed by atoms with Crippen LogP contribution in [0, 0.1) is 6.92 Å². The van der Waals surface area contributed by atoms with Gasteiger partial charge in [0.25, 0.3) is 5.91 Å². The molecule has 5 nitrogen and oxygen atoms in total. The number of ether oxygens (including phenoxy) is 1. The van der Waals surface area contributed by atoms with E-state index in [1.807, 2.05) is 4.90 Å². The van der Waals surface area contributed by atoms with Crippen molar-refractivity contribution in [3.05, 3.63) is 58.7 Å². The Kier molecular flexibility index (Phi) is 5.90. The zero-order valence-electron chi connectivity index (χ0n) is 15.5. The summed E-state index contributed by atoms with van der Waals surface area (Å²) in [7, 11) is 0. The standard InChI is InChI=1S/C20H22F3N3O2/c1-13-2-3-14(10-18(13)24)19(27)25-16-5-4-15(17(11-16)20(21,22)23)12-26-6-8-28-9-7-26/h2-5,10-11H,6-9,12,24H2,1H3,(H,25,27). The van der Waals surface area contributed by atoms with E-state index in [4.69, 9.17) is 10.5 Å². The molecule has 0 radical (unpaired) electrons. The van der Waals surface area contributed by atoms with Crippen LogP contribution in [0.15, 0.2) is 36.4 Å². The maximum Gasteiger partial charge on any atom is 0.416 e. The van der Waals surface area contributed by atoms with Crippen LogP contribution in [-0.2, 0) is 17.5 Å². The molecule has 1 aliphatic rings. The number of anilines is 2. The van der Waals surface area contributed by atoms with E-state index < -0.39 is 17.6 Å². The Balaban J connectivity index is 1.81. The second-order valence-electron chi connectivity index (χ2n) is 6.78. The Morgan fingerprint density at radius 1 is 1.18 bits per heavy atom. The molecule has 3 N–H and O–H groups in total. The summed E-state index contributed by atoms with van der Waals surface area (Å²) in [6, 6.07) is 8.65. The summed E-state index contributed by atoms with van der Waals surface area (Å²) in [5, 5.41) is 2.52. The molecular weight excluding hydrogens is 371 g/mol. The molecule has 0 saturated carbocycles. The van der Waals surface area contributed by atoms with E-state index in [0.29, 0.717) is 32.0 Å². The molecule has 0 bridgehead atoms. The molecule has 2 aromatic rings. The van der Waals surface area contributed by atoms with Gasteiger partial charge in [-0.05, 0) is 42.3 Å². The van der Waals surface area contributed by atoms with Gasteiger partial charge in [-0.15, -0.1) is 0 Å². The molecule has 28 heavy (non-hydrogen) atoms. The summed E-state index contributed by atoms with van der Waals surface area (Å²) in [4.78, 5) is 14.3. The first-order valence-corrected chi connectivity index (χ1v) is 8.92. The molecule has 0 aliphatic carbocycles. The van der Waals surface area contributed by atoms with Crippen LogP contribution in [0.4, 0.5) is 24.5 Å². The van der Waals surface area contributed by atoms with Gasteiger partial charge in [0.05, 0.1) is 18.8 Å². The highest BCUT2D eigenvalue weighted by atomic mass is 19.4. The summed E-state index contributed by atoms with van der Waals surface area (Å²) in [5.74, 6) is -0.513. The molecule has 0 atom stereocenters. The van der Waals surface area contributed by atoms with Gasteiger partial charge in [-0.3, -0.25) is 9.69 Å². The fourth-order valence-electron chi connectivity index (χ4n) is 3.04. The number of aryl methyl sites for hydroxylation is 1. The zero-order valence-corrected chi connectivity index (χ0v) is 15.5. The topological polar surface area (TPSA) is 67.6 Å². The van der Waals surface area contributed by atoms with Gasteiger partial charge in [-0.2, -0.15) is 13.2 Å². The van der Waals surface area contributed by atoms with Gasteiger partial charge >= 0.3 is 6.18 Å². The van der Waals surface area contributed by atoms with E-state index in [9.17, 15) is 18.0 Å². The van der Waals surface area contributed by atoms with Gasteiger partial charge < -0.3 is 15.8 Å². The van der Waals surface area contributed by atoms with Crippen LogP contribution in [0.5, 0.6) is 0 Å². The minimum absolute atomic E-state index is 0.0854. The first kappa shape index (κ1) is 20.2. The van der Waals surface area contributed by atoms with Crippen molar-refractivity contribution in [1.29, 1.82) is 0 Å². The normalized spacial score (nSPS) is 15.4. The number of alkyl halides is 3. The van der Waals surface area contributed by atoms with Gasteiger partial charge in [0, 0.05) is 36.6 Å². The minimum Gasteiger partial charge on any atom is -0.398 e. The first-order valence-electron chi connectivity index (χ1n) is 8.92. The van der Waals surface area contributed by atoms with Crippen LogP contribution in [0.3, 0.4) is 0 Å². The summed E-state index contributed by atoms with van der Waals surface area (Å²) in [5.41, 5.74) is 6.87. The van der Waals surface area contributed by atoms with Gasteiger partial charge in [0.15, 0.2) is 0 Å². The lowest BCUT2D eigenvalue weighted by molar-refractivity contribution is -0.138. The van der Waals surface area contributed by atoms with Gasteiger partial charge in [0.2, 0.25) is 0 Å². The number of nitrogens with two attached hydrogens (primary N) is 1. The SMILES string of the molecule is Cc1ccc(C(=O)Nc2ccc(CN3CCOCC3)c(C(F)(F)F)c2)cc1N. The van der Waals surface area contributed by atoms with Crippen LogP contribution < -0.4 is 11.1 Å². The zero-order chi connectivity index (χ0) is 20.3. The maximum absolute atomic E-state index is 13.6. The van der Waals surface area contributed by atoms with E-state index >= 15 is 0 Å². The predicted octanol–water partition coefficient (Wildman–Crippen LogP) is 3.68. The van der Waals surface area contributed by atoms with E-state index in [-0.39, 0.29) is 23.4 Å². The molecule has 150 valence electrons.